The lowest BCUT2D eigenvalue weighted by atomic mass is 9.85. The minimum absolute atomic E-state index is 0.109. The van der Waals surface area contributed by atoms with Crippen molar-refractivity contribution in [3.63, 3.8) is 0 Å². The third-order valence-corrected chi connectivity index (χ3v) is 8.21. The fraction of sp³-hybridized carbons (Fsp3) is 0.440. The first-order chi connectivity index (χ1) is 17.9. The molecule has 0 aliphatic carbocycles. The second kappa shape index (κ2) is 11.8. The van der Waals surface area contributed by atoms with Gasteiger partial charge in [0, 0.05) is 30.2 Å². The highest BCUT2D eigenvalue weighted by molar-refractivity contribution is 7.89. The molecule has 0 spiro atoms. The standard InChI is InChI=1S/C25H31N3O9S/c1-14-19(23(30)35-4)21(20(15(2)26-14)24(31)36-5)25(32)37-16(3)22(29)27-17-8-10-18(11-9-17)38(33,34)28-12-6-7-13-28/h8-11,16,21,26H,6-7,12-13H2,1-5H3,(H,27,29). The molecule has 2 N–H and O–H groups in total. The molecule has 2 aliphatic rings. The van der Waals surface area contributed by atoms with E-state index in [1.165, 1.54) is 49.3 Å². The molecule has 2 heterocycles. The van der Waals surface area contributed by atoms with Crippen LogP contribution >= 0.6 is 0 Å². The molecule has 1 fully saturated rings. The first kappa shape index (κ1) is 28.9. The van der Waals surface area contributed by atoms with Crippen LogP contribution in [-0.2, 0) is 43.4 Å². The van der Waals surface area contributed by atoms with Gasteiger partial charge in [0.05, 0.1) is 30.3 Å². The quantitative estimate of drug-likeness (QED) is 0.359. The smallest absolute Gasteiger partial charge is 0.336 e. The number of ether oxygens (including phenoxy) is 3. The van der Waals surface area contributed by atoms with Crippen LogP contribution in [0.5, 0.6) is 0 Å². The van der Waals surface area contributed by atoms with Crippen LogP contribution < -0.4 is 10.6 Å². The summed E-state index contributed by atoms with van der Waals surface area (Å²) in [7, 11) is -1.34. The summed E-state index contributed by atoms with van der Waals surface area (Å²) < 4.78 is 41.7. The number of sulfonamides is 1. The highest BCUT2D eigenvalue weighted by Gasteiger charge is 2.43. The number of carbonyl (C=O) groups is 4. The molecule has 206 valence electrons. The molecule has 1 amide bonds. The van der Waals surface area contributed by atoms with Crippen molar-refractivity contribution < 1.29 is 41.8 Å². The van der Waals surface area contributed by atoms with E-state index in [1.807, 2.05) is 0 Å². The molecule has 1 aromatic carbocycles. The van der Waals surface area contributed by atoms with Gasteiger partial charge in [0.2, 0.25) is 10.0 Å². The zero-order chi connectivity index (χ0) is 28.2. The number of hydrogen-bond donors (Lipinski definition) is 2. The average molecular weight is 550 g/mol. The summed E-state index contributed by atoms with van der Waals surface area (Å²) >= 11 is 0. The maximum Gasteiger partial charge on any atom is 0.336 e. The van der Waals surface area contributed by atoms with Crippen molar-refractivity contribution in [3.05, 3.63) is 46.8 Å². The van der Waals surface area contributed by atoms with Crippen LogP contribution in [0.1, 0.15) is 33.6 Å². The highest BCUT2D eigenvalue weighted by atomic mass is 32.2. The third-order valence-electron chi connectivity index (χ3n) is 6.29. The van der Waals surface area contributed by atoms with E-state index in [2.05, 4.69) is 10.6 Å². The van der Waals surface area contributed by atoms with E-state index >= 15 is 0 Å². The maximum absolute atomic E-state index is 13.2. The van der Waals surface area contributed by atoms with Crippen molar-refractivity contribution in [2.45, 2.75) is 44.6 Å². The Morgan fingerprint density at radius 2 is 1.45 bits per heavy atom. The molecular weight excluding hydrogens is 518 g/mol. The molecule has 0 radical (unpaired) electrons. The molecule has 38 heavy (non-hydrogen) atoms. The first-order valence-electron chi connectivity index (χ1n) is 11.9. The summed E-state index contributed by atoms with van der Waals surface area (Å²) in [5, 5.41) is 5.42. The molecule has 1 aromatic rings. The molecule has 12 nitrogen and oxygen atoms in total. The number of amides is 1. The van der Waals surface area contributed by atoms with Crippen LogP contribution in [0.25, 0.3) is 0 Å². The van der Waals surface area contributed by atoms with Gasteiger partial charge < -0.3 is 24.8 Å². The fourth-order valence-electron chi connectivity index (χ4n) is 4.32. The fourth-order valence-corrected chi connectivity index (χ4v) is 5.84. The van der Waals surface area contributed by atoms with E-state index in [0.717, 1.165) is 27.1 Å². The van der Waals surface area contributed by atoms with E-state index in [0.29, 0.717) is 13.1 Å². The summed E-state index contributed by atoms with van der Waals surface area (Å²) in [6, 6.07) is 5.65. The van der Waals surface area contributed by atoms with Gasteiger partial charge in [-0.15, -0.1) is 0 Å². The lowest BCUT2D eigenvalue weighted by molar-refractivity contribution is -0.157. The Hall–Kier alpha value is -3.71. The second-order valence-electron chi connectivity index (χ2n) is 8.82. The zero-order valence-electron chi connectivity index (χ0n) is 21.8. The van der Waals surface area contributed by atoms with E-state index in [4.69, 9.17) is 14.2 Å². The topological polar surface area (TPSA) is 157 Å². The summed E-state index contributed by atoms with van der Waals surface area (Å²) in [4.78, 5) is 51.0. The molecular formula is C25H31N3O9S. The largest absolute Gasteiger partial charge is 0.466 e. The normalized spacial score (nSPS) is 17.5. The van der Waals surface area contributed by atoms with Crippen molar-refractivity contribution in [2.75, 3.05) is 32.6 Å². The van der Waals surface area contributed by atoms with Crippen LogP contribution in [0.2, 0.25) is 0 Å². The maximum atomic E-state index is 13.2. The van der Waals surface area contributed by atoms with E-state index in [1.54, 1.807) is 0 Å². The van der Waals surface area contributed by atoms with Crippen LogP contribution in [0.15, 0.2) is 51.7 Å². The summed E-state index contributed by atoms with van der Waals surface area (Å²) in [5.41, 5.74) is 0.559. The van der Waals surface area contributed by atoms with E-state index in [9.17, 15) is 27.6 Å². The lowest BCUT2D eigenvalue weighted by Crippen LogP contribution is -2.40. The Morgan fingerprint density at radius 1 is 0.947 bits per heavy atom. The number of nitrogens with zero attached hydrogens (tertiary/aromatic N) is 1. The Balaban J connectivity index is 1.75. The van der Waals surface area contributed by atoms with Gasteiger partial charge in [-0.25, -0.2) is 18.0 Å². The Bertz CT molecular complexity index is 1260. The highest BCUT2D eigenvalue weighted by Crippen LogP contribution is 2.32. The van der Waals surface area contributed by atoms with Gasteiger partial charge >= 0.3 is 17.9 Å². The van der Waals surface area contributed by atoms with Gasteiger partial charge in [0.1, 0.15) is 5.92 Å². The van der Waals surface area contributed by atoms with Crippen LogP contribution in [-0.4, -0.2) is 70.0 Å². The van der Waals surface area contributed by atoms with Gasteiger partial charge in [0.25, 0.3) is 5.91 Å². The van der Waals surface area contributed by atoms with Gasteiger partial charge in [-0.05, 0) is 57.9 Å². The summed E-state index contributed by atoms with van der Waals surface area (Å²) in [6.45, 7) is 5.34. The lowest BCUT2D eigenvalue weighted by Gasteiger charge is -2.29. The van der Waals surface area contributed by atoms with Gasteiger partial charge in [0.15, 0.2) is 6.10 Å². The number of hydrogen-bond acceptors (Lipinski definition) is 10. The Kier molecular flexibility index (Phi) is 8.94. The number of dihydropyridines is 1. The van der Waals surface area contributed by atoms with E-state index in [-0.39, 0.29) is 33.1 Å². The first-order valence-corrected chi connectivity index (χ1v) is 13.3. The minimum atomic E-state index is -3.60. The van der Waals surface area contributed by atoms with Crippen molar-refractivity contribution in [3.8, 4) is 0 Å². The van der Waals surface area contributed by atoms with Crippen molar-refractivity contribution >= 4 is 39.5 Å². The number of methoxy groups -OCH3 is 2. The molecule has 3 rings (SSSR count). The number of benzene rings is 1. The molecule has 1 unspecified atom stereocenters. The molecule has 1 saturated heterocycles. The Labute approximate surface area is 221 Å². The molecule has 0 saturated carbocycles. The minimum Gasteiger partial charge on any atom is -0.466 e. The molecule has 0 bridgehead atoms. The Morgan fingerprint density at radius 3 is 1.92 bits per heavy atom. The number of esters is 3. The van der Waals surface area contributed by atoms with Gasteiger partial charge in [-0.1, -0.05) is 0 Å². The average Bonchev–Trinajstić information content (AvgIpc) is 3.43. The third kappa shape index (κ3) is 5.89. The number of nitrogens with one attached hydrogen (secondary N) is 2. The predicted octanol–water partition coefficient (Wildman–Crippen LogP) is 1.45. The van der Waals surface area contributed by atoms with E-state index < -0.39 is 45.9 Å². The van der Waals surface area contributed by atoms with Crippen LogP contribution in [0.3, 0.4) is 0 Å². The summed E-state index contributed by atoms with van der Waals surface area (Å²) in [5.74, 6) is -4.93. The second-order valence-corrected chi connectivity index (χ2v) is 10.8. The number of carbonyl (C=O) groups excluding carboxylic acids is 4. The predicted molar refractivity (Wildman–Crippen MR) is 135 cm³/mol. The number of anilines is 1. The number of allylic oxidation sites excluding steroid dienone is 2. The monoisotopic (exact) mass is 549 g/mol. The van der Waals surface area contributed by atoms with Crippen LogP contribution in [0.4, 0.5) is 5.69 Å². The van der Waals surface area contributed by atoms with Crippen LogP contribution in [0, 0.1) is 5.92 Å². The summed E-state index contributed by atoms with van der Waals surface area (Å²) in [6.07, 6.45) is 0.298. The van der Waals surface area contributed by atoms with Gasteiger partial charge in [-0.3, -0.25) is 9.59 Å². The zero-order valence-corrected chi connectivity index (χ0v) is 22.6. The van der Waals surface area contributed by atoms with Crippen molar-refractivity contribution in [1.82, 2.24) is 9.62 Å². The van der Waals surface area contributed by atoms with Gasteiger partial charge in [-0.2, -0.15) is 4.31 Å². The molecule has 1 atom stereocenters. The molecule has 2 aliphatic heterocycles. The number of rotatable bonds is 8. The van der Waals surface area contributed by atoms with Crippen molar-refractivity contribution in [1.29, 1.82) is 0 Å². The SMILES string of the molecule is COC(=O)C1=C(C)NC(C)=C(C(=O)OC)C1C(=O)OC(C)C(=O)Nc1ccc(S(=O)(=O)N2CCCC2)cc1. The van der Waals surface area contributed by atoms with Crippen molar-refractivity contribution in [2.24, 2.45) is 5.92 Å². The molecule has 0 aromatic heterocycles. The molecule has 13 heteroatoms.